The third-order valence-electron chi connectivity index (χ3n) is 3.15. The second-order valence-electron chi connectivity index (χ2n) is 4.56. The van der Waals surface area contributed by atoms with E-state index in [4.69, 9.17) is 11.6 Å². The zero-order valence-electron chi connectivity index (χ0n) is 10.0. The quantitative estimate of drug-likeness (QED) is 0.772. The SMILES string of the molecule is O=C(Nc1ccc(Cl)cc1)N[C@H]1CCCC[C@H]1O. The average Bonchev–Trinajstić information content (AvgIpc) is 2.35. The lowest BCUT2D eigenvalue weighted by Gasteiger charge is -2.28. The first kappa shape index (κ1) is 13.2. The number of benzene rings is 1. The van der Waals surface area contributed by atoms with Crippen molar-refractivity contribution in [3.05, 3.63) is 29.3 Å². The molecule has 0 radical (unpaired) electrons. The first-order valence-corrected chi connectivity index (χ1v) is 6.54. The fraction of sp³-hybridized carbons (Fsp3) is 0.462. The van der Waals surface area contributed by atoms with Gasteiger partial charge >= 0.3 is 6.03 Å². The van der Waals surface area contributed by atoms with Crippen molar-refractivity contribution in [1.82, 2.24) is 5.32 Å². The fourth-order valence-corrected chi connectivity index (χ4v) is 2.27. The molecule has 0 unspecified atom stereocenters. The Labute approximate surface area is 111 Å². The molecule has 1 saturated carbocycles. The number of hydrogen-bond donors (Lipinski definition) is 3. The Hall–Kier alpha value is -1.26. The van der Waals surface area contributed by atoms with E-state index in [0.717, 1.165) is 25.7 Å². The van der Waals surface area contributed by atoms with Crippen LogP contribution in [0.25, 0.3) is 0 Å². The van der Waals surface area contributed by atoms with Crippen LogP contribution < -0.4 is 10.6 Å². The number of hydrogen-bond acceptors (Lipinski definition) is 2. The van der Waals surface area contributed by atoms with E-state index in [1.807, 2.05) is 0 Å². The number of rotatable bonds is 2. The molecule has 4 nitrogen and oxygen atoms in total. The van der Waals surface area contributed by atoms with Crippen LogP contribution in [-0.4, -0.2) is 23.3 Å². The van der Waals surface area contributed by atoms with Crippen molar-refractivity contribution in [2.45, 2.75) is 37.8 Å². The summed E-state index contributed by atoms with van der Waals surface area (Å²) in [6.07, 6.45) is 3.22. The smallest absolute Gasteiger partial charge is 0.319 e. The minimum atomic E-state index is -0.435. The number of anilines is 1. The molecule has 1 fully saturated rings. The number of carbonyl (C=O) groups is 1. The van der Waals surface area contributed by atoms with E-state index in [0.29, 0.717) is 10.7 Å². The van der Waals surface area contributed by atoms with Crippen molar-refractivity contribution in [3.8, 4) is 0 Å². The number of nitrogens with one attached hydrogen (secondary N) is 2. The molecule has 2 atom stereocenters. The van der Waals surface area contributed by atoms with Crippen molar-refractivity contribution in [2.75, 3.05) is 5.32 Å². The van der Waals surface area contributed by atoms with E-state index in [-0.39, 0.29) is 12.1 Å². The van der Waals surface area contributed by atoms with Gasteiger partial charge in [0, 0.05) is 10.7 Å². The third kappa shape index (κ3) is 3.62. The van der Waals surface area contributed by atoms with Crippen LogP contribution in [0.15, 0.2) is 24.3 Å². The largest absolute Gasteiger partial charge is 0.391 e. The molecule has 0 aliphatic heterocycles. The van der Waals surface area contributed by atoms with Crippen LogP contribution in [0.3, 0.4) is 0 Å². The zero-order chi connectivity index (χ0) is 13.0. The van der Waals surface area contributed by atoms with E-state index < -0.39 is 6.10 Å². The minimum absolute atomic E-state index is 0.147. The van der Waals surface area contributed by atoms with Gasteiger partial charge in [-0.15, -0.1) is 0 Å². The number of amides is 2. The van der Waals surface area contributed by atoms with E-state index in [1.165, 1.54) is 0 Å². The maximum atomic E-state index is 11.7. The lowest BCUT2D eigenvalue weighted by molar-refractivity contribution is 0.0955. The van der Waals surface area contributed by atoms with Gasteiger partial charge in [0.25, 0.3) is 0 Å². The summed E-state index contributed by atoms with van der Waals surface area (Å²) in [5, 5.41) is 15.9. The van der Waals surface area contributed by atoms with Gasteiger partial charge in [0.2, 0.25) is 0 Å². The van der Waals surface area contributed by atoms with Gasteiger partial charge in [-0.25, -0.2) is 4.79 Å². The average molecular weight is 269 g/mol. The molecule has 0 spiro atoms. The number of halogens is 1. The molecule has 98 valence electrons. The molecule has 0 saturated heterocycles. The summed E-state index contributed by atoms with van der Waals surface area (Å²) in [6, 6.07) is 6.46. The molecule has 18 heavy (non-hydrogen) atoms. The Bertz CT molecular complexity index is 408. The van der Waals surface area contributed by atoms with E-state index in [9.17, 15) is 9.90 Å². The molecule has 0 heterocycles. The van der Waals surface area contributed by atoms with Crippen LogP contribution in [0, 0.1) is 0 Å². The summed E-state index contributed by atoms with van der Waals surface area (Å²) in [6.45, 7) is 0. The maximum Gasteiger partial charge on any atom is 0.319 e. The highest BCUT2D eigenvalue weighted by atomic mass is 35.5. The van der Waals surface area contributed by atoms with Crippen LogP contribution in [0.2, 0.25) is 5.02 Å². The summed E-state index contributed by atoms with van der Waals surface area (Å²) in [4.78, 5) is 11.7. The predicted octanol–water partition coefficient (Wildman–Crippen LogP) is 2.77. The van der Waals surface area contributed by atoms with Gasteiger partial charge in [0.1, 0.15) is 0 Å². The number of carbonyl (C=O) groups excluding carboxylic acids is 1. The lowest BCUT2D eigenvalue weighted by atomic mass is 9.93. The fourth-order valence-electron chi connectivity index (χ4n) is 2.15. The van der Waals surface area contributed by atoms with E-state index in [2.05, 4.69) is 10.6 Å². The molecule has 2 amide bonds. The second-order valence-corrected chi connectivity index (χ2v) is 5.00. The Morgan fingerprint density at radius 2 is 1.89 bits per heavy atom. The zero-order valence-corrected chi connectivity index (χ0v) is 10.8. The molecule has 0 aromatic heterocycles. The van der Waals surface area contributed by atoms with Gasteiger partial charge in [-0.1, -0.05) is 24.4 Å². The Balaban J connectivity index is 1.86. The normalized spacial score (nSPS) is 23.4. The highest BCUT2D eigenvalue weighted by molar-refractivity contribution is 6.30. The van der Waals surface area contributed by atoms with Crippen LogP contribution in [0.1, 0.15) is 25.7 Å². The van der Waals surface area contributed by atoms with Crippen molar-refractivity contribution in [1.29, 1.82) is 0 Å². The highest BCUT2D eigenvalue weighted by Crippen LogP contribution is 2.18. The highest BCUT2D eigenvalue weighted by Gasteiger charge is 2.24. The summed E-state index contributed by atoms with van der Waals surface area (Å²) in [5.74, 6) is 0. The van der Waals surface area contributed by atoms with Gasteiger partial charge in [-0.2, -0.15) is 0 Å². The topological polar surface area (TPSA) is 61.4 Å². The number of urea groups is 1. The Morgan fingerprint density at radius 1 is 1.22 bits per heavy atom. The third-order valence-corrected chi connectivity index (χ3v) is 3.40. The monoisotopic (exact) mass is 268 g/mol. The number of aliphatic hydroxyl groups is 1. The van der Waals surface area contributed by atoms with E-state index >= 15 is 0 Å². The summed E-state index contributed by atoms with van der Waals surface area (Å²) < 4.78 is 0. The summed E-state index contributed by atoms with van der Waals surface area (Å²) >= 11 is 5.76. The number of aliphatic hydroxyl groups excluding tert-OH is 1. The van der Waals surface area contributed by atoms with Gasteiger partial charge in [-0.05, 0) is 37.1 Å². The van der Waals surface area contributed by atoms with Gasteiger partial charge in [-0.3, -0.25) is 0 Å². The molecule has 5 heteroatoms. The molecule has 1 aromatic rings. The lowest BCUT2D eigenvalue weighted by Crippen LogP contribution is -2.46. The van der Waals surface area contributed by atoms with E-state index in [1.54, 1.807) is 24.3 Å². The molecular formula is C13H17ClN2O2. The first-order valence-electron chi connectivity index (χ1n) is 6.16. The van der Waals surface area contributed by atoms with Crippen molar-refractivity contribution in [2.24, 2.45) is 0 Å². The standard InChI is InChI=1S/C13H17ClN2O2/c14-9-5-7-10(8-6-9)15-13(18)16-11-3-1-2-4-12(11)17/h5-8,11-12,17H,1-4H2,(H2,15,16,18)/t11-,12+/m0/s1. The van der Waals surface area contributed by atoms with Gasteiger partial charge < -0.3 is 15.7 Å². The van der Waals surface area contributed by atoms with Gasteiger partial charge in [0.05, 0.1) is 12.1 Å². The minimum Gasteiger partial charge on any atom is -0.391 e. The van der Waals surface area contributed by atoms with Crippen LogP contribution in [0.5, 0.6) is 0 Å². The van der Waals surface area contributed by atoms with Crippen LogP contribution >= 0.6 is 11.6 Å². The maximum absolute atomic E-state index is 11.7. The van der Waals surface area contributed by atoms with Crippen LogP contribution in [0.4, 0.5) is 10.5 Å². The first-order chi connectivity index (χ1) is 8.65. The molecule has 1 aliphatic carbocycles. The molecular weight excluding hydrogens is 252 g/mol. The predicted molar refractivity (Wildman–Crippen MR) is 71.9 cm³/mol. The Kier molecular flexibility index (Phi) is 4.44. The summed E-state index contributed by atoms with van der Waals surface area (Å²) in [7, 11) is 0. The Morgan fingerprint density at radius 3 is 2.56 bits per heavy atom. The molecule has 3 N–H and O–H groups in total. The van der Waals surface area contributed by atoms with Crippen molar-refractivity contribution >= 4 is 23.3 Å². The molecule has 1 aliphatic rings. The molecule has 0 bridgehead atoms. The van der Waals surface area contributed by atoms with Crippen LogP contribution in [-0.2, 0) is 0 Å². The van der Waals surface area contributed by atoms with Crippen molar-refractivity contribution in [3.63, 3.8) is 0 Å². The summed E-state index contributed by atoms with van der Waals surface area (Å²) in [5.41, 5.74) is 0.683. The molecule has 1 aromatic carbocycles. The van der Waals surface area contributed by atoms with Gasteiger partial charge in [0.15, 0.2) is 0 Å². The van der Waals surface area contributed by atoms with Crippen molar-refractivity contribution < 1.29 is 9.90 Å². The second kappa shape index (κ2) is 6.07. The molecule has 2 rings (SSSR count).